The van der Waals surface area contributed by atoms with E-state index in [1.54, 1.807) is 25.1 Å². The highest BCUT2D eigenvalue weighted by molar-refractivity contribution is 9.10. The van der Waals surface area contributed by atoms with Crippen LogP contribution in [-0.4, -0.2) is 28.5 Å². The Hall–Kier alpha value is -2.28. The molecule has 0 bridgehead atoms. The van der Waals surface area contributed by atoms with Crippen molar-refractivity contribution in [2.24, 2.45) is 0 Å². The maximum absolute atomic E-state index is 12.2. The van der Waals surface area contributed by atoms with E-state index in [1.807, 2.05) is 6.07 Å². The van der Waals surface area contributed by atoms with Crippen LogP contribution in [0.1, 0.15) is 27.9 Å². The molecule has 1 heterocycles. The van der Waals surface area contributed by atoms with Gasteiger partial charge in [-0.05, 0) is 25.1 Å². The Morgan fingerprint density at radius 1 is 1.24 bits per heavy atom. The van der Waals surface area contributed by atoms with Gasteiger partial charge in [0.2, 0.25) is 0 Å². The maximum atomic E-state index is 12.2. The fourth-order valence-electron chi connectivity index (χ4n) is 1.61. The minimum absolute atomic E-state index is 0.0732. The molecule has 1 amide bonds. The minimum Gasteiger partial charge on any atom is -0.461 e. The van der Waals surface area contributed by atoms with Gasteiger partial charge >= 0.3 is 5.97 Å². The first kappa shape index (κ1) is 15.1. The molecule has 2 aromatic rings. The number of benzene rings is 1. The van der Waals surface area contributed by atoms with Crippen LogP contribution < -0.4 is 5.32 Å². The second-order valence-electron chi connectivity index (χ2n) is 3.94. The molecule has 1 aromatic heterocycles. The van der Waals surface area contributed by atoms with Crippen molar-refractivity contribution in [3.8, 4) is 0 Å². The van der Waals surface area contributed by atoms with E-state index >= 15 is 0 Å². The summed E-state index contributed by atoms with van der Waals surface area (Å²) in [5.74, 6) is -1.20. The monoisotopic (exact) mass is 349 g/mol. The summed E-state index contributed by atoms with van der Waals surface area (Å²) in [5.41, 5.74) is 0.401. The van der Waals surface area contributed by atoms with Crippen molar-refractivity contribution in [3.05, 3.63) is 52.5 Å². The predicted octanol–water partition coefficient (Wildman–Crippen LogP) is 2.67. The maximum Gasteiger partial charge on any atom is 0.359 e. The molecule has 6 nitrogen and oxygen atoms in total. The van der Waals surface area contributed by atoms with Gasteiger partial charge in [-0.3, -0.25) is 4.79 Å². The summed E-state index contributed by atoms with van der Waals surface area (Å²) in [6, 6.07) is 7.08. The van der Waals surface area contributed by atoms with E-state index in [4.69, 9.17) is 4.74 Å². The van der Waals surface area contributed by atoms with Crippen LogP contribution in [0, 0.1) is 0 Å². The molecule has 0 unspecified atom stereocenters. The van der Waals surface area contributed by atoms with Crippen LogP contribution in [0.3, 0.4) is 0 Å². The highest BCUT2D eigenvalue weighted by atomic mass is 79.9. The summed E-state index contributed by atoms with van der Waals surface area (Å²) in [6.45, 7) is 1.87. The molecule has 0 aliphatic heterocycles. The summed E-state index contributed by atoms with van der Waals surface area (Å²) >= 11 is 3.31. The third-order valence-corrected chi connectivity index (χ3v) is 2.96. The topological polar surface area (TPSA) is 81.2 Å². The normalized spacial score (nSPS) is 10.0. The summed E-state index contributed by atoms with van der Waals surface area (Å²) < 4.78 is 5.68. The number of esters is 1. The van der Waals surface area contributed by atoms with E-state index in [0.29, 0.717) is 5.69 Å². The van der Waals surface area contributed by atoms with Gasteiger partial charge in [0.25, 0.3) is 5.91 Å². The van der Waals surface area contributed by atoms with Crippen LogP contribution in [0.4, 0.5) is 5.69 Å². The molecule has 0 saturated heterocycles. The fourth-order valence-corrected chi connectivity index (χ4v) is 2.01. The van der Waals surface area contributed by atoms with Gasteiger partial charge in [0.1, 0.15) is 0 Å². The van der Waals surface area contributed by atoms with Crippen molar-refractivity contribution in [2.45, 2.75) is 6.92 Å². The number of aromatic nitrogens is 2. The molecule has 0 fully saturated rings. The molecule has 21 heavy (non-hydrogen) atoms. The zero-order valence-electron chi connectivity index (χ0n) is 11.2. The number of nitrogens with one attached hydrogen (secondary N) is 1. The van der Waals surface area contributed by atoms with E-state index < -0.39 is 11.9 Å². The van der Waals surface area contributed by atoms with E-state index in [9.17, 15) is 9.59 Å². The molecule has 0 aliphatic rings. The van der Waals surface area contributed by atoms with Gasteiger partial charge in [0.15, 0.2) is 11.4 Å². The van der Waals surface area contributed by atoms with Crippen LogP contribution in [0.5, 0.6) is 0 Å². The van der Waals surface area contributed by atoms with E-state index in [0.717, 1.165) is 4.47 Å². The molecule has 0 atom stereocenters. The van der Waals surface area contributed by atoms with Gasteiger partial charge in [-0.2, -0.15) is 0 Å². The lowest BCUT2D eigenvalue weighted by Gasteiger charge is -2.08. The number of amides is 1. The smallest absolute Gasteiger partial charge is 0.359 e. The number of ether oxygens (including phenoxy) is 1. The molecule has 0 radical (unpaired) electrons. The number of carbonyl (C=O) groups is 2. The molecule has 1 aromatic carbocycles. The molecule has 0 spiro atoms. The first-order valence-corrected chi connectivity index (χ1v) is 6.96. The highest BCUT2D eigenvalue weighted by Crippen LogP contribution is 2.16. The molecule has 1 N–H and O–H groups in total. The zero-order valence-corrected chi connectivity index (χ0v) is 12.8. The van der Waals surface area contributed by atoms with E-state index in [2.05, 4.69) is 31.2 Å². The average Bonchev–Trinajstić information content (AvgIpc) is 2.47. The lowest BCUT2D eigenvalue weighted by Crippen LogP contribution is -2.20. The highest BCUT2D eigenvalue weighted by Gasteiger charge is 2.21. The molecule has 2 rings (SSSR count). The van der Waals surface area contributed by atoms with Gasteiger partial charge < -0.3 is 10.1 Å². The number of rotatable bonds is 4. The summed E-state index contributed by atoms with van der Waals surface area (Å²) in [5, 5.41) is 2.66. The fraction of sp³-hybridized carbons (Fsp3) is 0.143. The number of carbonyl (C=O) groups excluding carboxylic acids is 2. The van der Waals surface area contributed by atoms with Crippen molar-refractivity contribution in [2.75, 3.05) is 11.9 Å². The lowest BCUT2D eigenvalue weighted by atomic mass is 10.2. The van der Waals surface area contributed by atoms with Crippen molar-refractivity contribution < 1.29 is 14.3 Å². The van der Waals surface area contributed by atoms with Gasteiger partial charge in [-0.15, -0.1) is 0 Å². The van der Waals surface area contributed by atoms with Gasteiger partial charge in [-0.25, -0.2) is 14.8 Å². The number of anilines is 1. The SMILES string of the molecule is CCOC(=O)c1nccnc1C(=O)Nc1cccc(Br)c1. The standard InChI is InChI=1S/C14H12BrN3O3/c1-2-21-14(20)12-11(16-6-7-17-12)13(19)18-10-5-3-4-9(15)8-10/h3-8H,2H2,1H3,(H,18,19). The zero-order chi connectivity index (χ0) is 15.2. The lowest BCUT2D eigenvalue weighted by molar-refractivity contribution is 0.0515. The molecule has 0 saturated carbocycles. The summed E-state index contributed by atoms with van der Waals surface area (Å²) in [7, 11) is 0. The van der Waals surface area contributed by atoms with Crippen LogP contribution in [0.15, 0.2) is 41.1 Å². The number of nitrogens with zero attached hydrogens (tertiary/aromatic N) is 2. The quantitative estimate of drug-likeness (QED) is 0.858. The van der Waals surface area contributed by atoms with Crippen molar-refractivity contribution in [1.82, 2.24) is 9.97 Å². The molecular formula is C14H12BrN3O3. The average molecular weight is 350 g/mol. The second-order valence-corrected chi connectivity index (χ2v) is 4.85. The van der Waals surface area contributed by atoms with Crippen molar-refractivity contribution >= 4 is 33.5 Å². The number of hydrogen-bond acceptors (Lipinski definition) is 5. The van der Waals surface area contributed by atoms with Crippen LogP contribution in [0.2, 0.25) is 0 Å². The first-order valence-electron chi connectivity index (χ1n) is 6.17. The molecule has 0 aliphatic carbocycles. The van der Waals surface area contributed by atoms with Crippen LogP contribution in [-0.2, 0) is 4.74 Å². The van der Waals surface area contributed by atoms with E-state index in [1.165, 1.54) is 12.4 Å². The third-order valence-electron chi connectivity index (χ3n) is 2.46. The Bertz CT molecular complexity index is 676. The van der Waals surface area contributed by atoms with Gasteiger partial charge in [0, 0.05) is 22.6 Å². The Morgan fingerprint density at radius 2 is 1.95 bits per heavy atom. The van der Waals surface area contributed by atoms with Gasteiger partial charge in [-0.1, -0.05) is 22.0 Å². The van der Waals surface area contributed by atoms with Crippen molar-refractivity contribution in [1.29, 1.82) is 0 Å². The van der Waals surface area contributed by atoms with E-state index in [-0.39, 0.29) is 18.0 Å². The Balaban J connectivity index is 2.25. The van der Waals surface area contributed by atoms with Crippen molar-refractivity contribution in [3.63, 3.8) is 0 Å². The second kappa shape index (κ2) is 6.94. The molecular weight excluding hydrogens is 338 g/mol. The minimum atomic E-state index is -0.676. The van der Waals surface area contributed by atoms with Crippen LogP contribution >= 0.6 is 15.9 Å². The first-order chi connectivity index (χ1) is 10.1. The number of hydrogen-bond donors (Lipinski definition) is 1. The summed E-state index contributed by atoms with van der Waals surface area (Å²) in [4.78, 5) is 31.8. The Kier molecular flexibility index (Phi) is 4.99. The molecule has 108 valence electrons. The molecule has 7 heteroatoms. The Morgan fingerprint density at radius 3 is 2.62 bits per heavy atom. The third kappa shape index (κ3) is 3.85. The van der Waals surface area contributed by atoms with Gasteiger partial charge in [0.05, 0.1) is 6.61 Å². The summed E-state index contributed by atoms with van der Waals surface area (Å²) in [6.07, 6.45) is 2.68. The number of halogens is 1. The predicted molar refractivity (Wildman–Crippen MR) is 80.1 cm³/mol. The Labute approximate surface area is 129 Å². The largest absolute Gasteiger partial charge is 0.461 e. The van der Waals surface area contributed by atoms with Crippen LogP contribution in [0.25, 0.3) is 0 Å².